The maximum atomic E-state index is 12.6. The molecule has 2 aromatic carbocycles. The van der Waals surface area contributed by atoms with E-state index in [0.717, 1.165) is 26.5 Å². The van der Waals surface area contributed by atoms with Crippen LogP contribution in [0.4, 0.5) is 0 Å². The molecule has 0 N–H and O–H groups in total. The summed E-state index contributed by atoms with van der Waals surface area (Å²) >= 11 is 7.14. The zero-order chi connectivity index (χ0) is 15.0. The van der Waals surface area contributed by atoms with E-state index in [9.17, 15) is 4.79 Å². The lowest BCUT2D eigenvalue weighted by Gasteiger charge is -2.14. The Kier molecular flexibility index (Phi) is 4.00. The molecule has 0 fully saturated rings. The van der Waals surface area contributed by atoms with Gasteiger partial charge in [-0.1, -0.05) is 62.2 Å². The minimum atomic E-state index is -0.110. The fourth-order valence-electron chi connectivity index (χ4n) is 2.46. The molecule has 2 nitrogen and oxygen atoms in total. The van der Waals surface area contributed by atoms with E-state index in [-0.39, 0.29) is 10.4 Å². The quantitative estimate of drug-likeness (QED) is 0.561. The summed E-state index contributed by atoms with van der Waals surface area (Å²) in [6, 6.07) is 17.9. The third-order valence-electron chi connectivity index (χ3n) is 3.58. The summed E-state index contributed by atoms with van der Waals surface area (Å²) < 4.78 is 2.71. The average molecular weight is 407 g/mol. The molecular formula is C17H13Br2NO. The monoisotopic (exact) mass is 405 g/mol. The fraction of sp³-hybridized carbons (Fsp3) is 0.118. The Morgan fingerprint density at radius 2 is 1.76 bits per heavy atom. The maximum absolute atomic E-state index is 12.6. The molecule has 1 aromatic heterocycles. The number of halogens is 2. The van der Waals surface area contributed by atoms with Gasteiger partial charge in [-0.2, -0.15) is 0 Å². The second-order valence-electron chi connectivity index (χ2n) is 4.94. The van der Waals surface area contributed by atoms with Crippen molar-refractivity contribution in [3.05, 3.63) is 80.6 Å². The van der Waals surface area contributed by atoms with Gasteiger partial charge in [0.2, 0.25) is 0 Å². The minimum Gasteiger partial charge on any atom is -0.311 e. The summed E-state index contributed by atoms with van der Waals surface area (Å²) in [5, 5.41) is 1.04. The van der Waals surface area contributed by atoms with Crippen LogP contribution in [-0.2, 0) is 7.05 Å². The summed E-state index contributed by atoms with van der Waals surface area (Å²) in [6.45, 7) is 0. The van der Waals surface area contributed by atoms with E-state index in [1.807, 2.05) is 61.6 Å². The summed E-state index contributed by atoms with van der Waals surface area (Å²) in [4.78, 5) is 12.5. The number of hydrogen-bond acceptors (Lipinski definition) is 1. The third-order valence-corrected chi connectivity index (χ3v) is 5.09. The van der Waals surface area contributed by atoms with Crippen LogP contribution in [0.15, 0.2) is 63.9 Å². The van der Waals surface area contributed by atoms with Crippen LogP contribution < -0.4 is 5.56 Å². The maximum Gasteiger partial charge on any atom is 0.255 e. The number of nitrogens with zero attached hydrogens (tertiary/aromatic N) is 1. The molecule has 3 aromatic rings. The number of fused-ring (bicyclic) bond motifs is 1. The van der Waals surface area contributed by atoms with Crippen molar-refractivity contribution in [2.24, 2.45) is 7.05 Å². The van der Waals surface area contributed by atoms with Gasteiger partial charge in [0.15, 0.2) is 0 Å². The lowest BCUT2D eigenvalue weighted by atomic mass is 10.0. The van der Waals surface area contributed by atoms with Crippen molar-refractivity contribution in [2.75, 3.05) is 0 Å². The molecule has 0 amide bonds. The van der Waals surface area contributed by atoms with E-state index in [2.05, 4.69) is 31.9 Å². The molecule has 0 saturated carbocycles. The highest BCUT2D eigenvalue weighted by Crippen LogP contribution is 2.30. The highest BCUT2D eigenvalue weighted by molar-refractivity contribution is 9.10. The summed E-state index contributed by atoms with van der Waals surface area (Å²) in [5.74, 6) is 0. The Morgan fingerprint density at radius 3 is 2.48 bits per heavy atom. The van der Waals surface area contributed by atoms with Crippen molar-refractivity contribution in [1.82, 2.24) is 4.57 Å². The summed E-state index contributed by atoms with van der Waals surface area (Å²) in [6.07, 6.45) is 0. The zero-order valence-corrected chi connectivity index (χ0v) is 14.6. The molecule has 0 aliphatic carbocycles. The number of rotatable bonds is 2. The van der Waals surface area contributed by atoms with Gasteiger partial charge in [0.1, 0.15) is 0 Å². The van der Waals surface area contributed by atoms with Crippen molar-refractivity contribution >= 4 is 42.8 Å². The van der Waals surface area contributed by atoms with Crippen LogP contribution in [0.5, 0.6) is 0 Å². The number of aryl methyl sites for hydroxylation is 1. The van der Waals surface area contributed by atoms with Crippen LogP contribution in [0.3, 0.4) is 0 Å². The van der Waals surface area contributed by atoms with Gasteiger partial charge in [0, 0.05) is 17.1 Å². The predicted octanol–water partition coefficient (Wildman–Crippen LogP) is 4.79. The lowest BCUT2D eigenvalue weighted by Crippen LogP contribution is -2.22. The number of aromatic nitrogens is 1. The molecule has 0 aliphatic rings. The first-order valence-electron chi connectivity index (χ1n) is 6.56. The van der Waals surface area contributed by atoms with Crippen molar-refractivity contribution in [3.63, 3.8) is 0 Å². The minimum absolute atomic E-state index is 0.0237. The van der Waals surface area contributed by atoms with Gasteiger partial charge in [0.05, 0.1) is 10.3 Å². The van der Waals surface area contributed by atoms with Crippen LogP contribution >= 0.6 is 31.9 Å². The molecule has 4 heteroatoms. The third kappa shape index (κ3) is 2.70. The molecule has 21 heavy (non-hydrogen) atoms. The predicted molar refractivity (Wildman–Crippen MR) is 94.1 cm³/mol. The molecule has 0 aliphatic heterocycles. The van der Waals surface area contributed by atoms with Crippen LogP contribution in [0, 0.1) is 0 Å². The van der Waals surface area contributed by atoms with E-state index in [0.29, 0.717) is 0 Å². The van der Waals surface area contributed by atoms with E-state index in [4.69, 9.17) is 0 Å². The molecule has 106 valence electrons. The Balaban J connectivity index is 2.23. The van der Waals surface area contributed by atoms with Gasteiger partial charge in [-0.05, 0) is 35.2 Å². The molecule has 1 heterocycles. The molecule has 0 radical (unpaired) electrons. The van der Waals surface area contributed by atoms with E-state index < -0.39 is 0 Å². The standard InChI is InChI=1S/C17H13Br2NO/c1-20-15-8-7-13(18)9-12(15)10-14(17(20)21)16(19)11-5-3-2-4-6-11/h2-10,16H,1H3. The van der Waals surface area contributed by atoms with Crippen molar-refractivity contribution in [1.29, 1.82) is 0 Å². The first kappa shape index (κ1) is 14.5. The van der Waals surface area contributed by atoms with Crippen LogP contribution in [0.1, 0.15) is 16.0 Å². The Bertz CT molecular complexity index is 856. The highest BCUT2D eigenvalue weighted by atomic mass is 79.9. The number of pyridine rings is 1. The Morgan fingerprint density at radius 1 is 1.05 bits per heavy atom. The van der Waals surface area contributed by atoms with Gasteiger partial charge >= 0.3 is 0 Å². The topological polar surface area (TPSA) is 22.0 Å². The molecule has 1 atom stereocenters. The lowest BCUT2D eigenvalue weighted by molar-refractivity contribution is 0.881. The molecule has 1 unspecified atom stereocenters. The average Bonchev–Trinajstić information content (AvgIpc) is 2.51. The van der Waals surface area contributed by atoms with Gasteiger partial charge in [-0.25, -0.2) is 0 Å². The first-order valence-corrected chi connectivity index (χ1v) is 8.27. The van der Waals surface area contributed by atoms with E-state index >= 15 is 0 Å². The summed E-state index contributed by atoms with van der Waals surface area (Å²) in [5.41, 5.74) is 2.77. The summed E-state index contributed by atoms with van der Waals surface area (Å²) in [7, 11) is 1.81. The van der Waals surface area contributed by atoms with Crippen molar-refractivity contribution in [2.45, 2.75) is 4.83 Å². The van der Waals surface area contributed by atoms with E-state index in [1.165, 1.54) is 0 Å². The second kappa shape index (κ2) is 5.78. The molecule has 0 saturated heterocycles. The Hall–Kier alpha value is -1.39. The second-order valence-corrected chi connectivity index (χ2v) is 6.77. The molecule has 0 bridgehead atoms. The number of hydrogen-bond donors (Lipinski definition) is 0. The van der Waals surface area contributed by atoms with E-state index in [1.54, 1.807) is 4.57 Å². The number of alkyl halides is 1. The van der Waals surface area contributed by atoms with Gasteiger partial charge in [-0.3, -0.25) is 4.79 Å². The highest BCUT2D eigenvalue weighted by Gasteiger charge is 2.16. The van der Waals surface area contributed by atoms with Crippen molar-refractivity contribution < 1.29 is 0 Å². The van der Waals surface area contributed by atoms with Gasteiger partial charge in [0.25, 0.3) is 5.56 Å². The zero-order valence-electron chi connectivity index (χ0n) is 11.4. The van der Waals surface area contributed by atoms with Crippen molar-refractivity contribution in [3.8, 4) is 0 Å². The molecule has 0 spiro atoms. The fourth-order valence-corrected chi connectivity index (χ4v) is 3.47. The van der Waals surface area contributed by atoms with Gasteiger partial charge < -0.3 is 4.57 Å². The SMILES string of the molecule is Cn1c(=O)c(C(Br)c2ccccc2)cc2cc(Br)ccc21. The molecular weight excluding hydrogens is 394 g/mol. The first-order chi connectivity index (χ1) is 10.1. The normalized spacial score (nSPS) is 12.5. The van der Waals surface area contributed by atoms with Gasteiger partial charge in [-0.15, -0.1) is 0 Å². The van der Waals surface area contributed by atoms with Crippen LogP contribution in [0.25, 0.3) is 10.9 Å². The smallest absolute Gasteiger partial charge is 0.255 e. The number of benzene rings is 2. The van der Waals surface area contributed by atoms with Crippen LogP contribution in [0.2, 0.25) is 0 Å². The molecule has 3 rings (SSSR count). The van der Waals surface area contributed by atoms with Crippen LogP contribution in [-0.4, -0.2) is 4.57 Å². The largest absolute Gasteiger partial charge is 0.311 e. The Labute approximate surface area is 139 Å².